The fourth-order valence-corrected chi connectivity index (χ4v) is 5.70. The Balaban J connectivity index is 1.54. The molecule has 2 aromatic heterocycles. The molecule has 0 amide bonds. The van der Waals surface area contributed by atoms with Crippen LogP contribution >= 0.6 is 24.0 Å². The van der Waals surface area contributed by atoms with Gasteiger partial charge in [-0.05, 0) is 54.8 Å². The van der Waals surface area contributed by atoms with Gasteiger partial charge in [-0.2, -0.15) is 0 Å². The Morgan fingerprint density at radius 2 is 1.97 bits per heavy atom. The predicted molar refractivity (Wildman–Crippen MR) is 135 cm³/mol. The van der Waals surface area contributed by atoms with E-state index >= 15 is 0 Å². The van der Waals surface area contributed by atoms with Gasteiger partial charge in [0.05, 0.1) is 11.3 Å². The van der Waals surface area contributed by atoms with Crippen molar-refractivity contribution in [3.63, 3.8) is 0 Å². The third kappa shape index (κ3) is 4.23. The summed E-state index contributed by atoms with van der Waals surface area (Å²) in [4.78, 5) is 22.3. The van der Waals surface area contributed by atoms with Crippen molar-refractivity contribution in [3.05, 3.63) is 69.9 Å². The molecule has 0 spiro atoms. The van der Waals surface area contributed by atoms with Gasteiger partial charge < -0.3 is 10.4 Å². The maximum Gasteiger partial charge on any atom is 0.336 e. The molecule has 0 aliphatic carbocycles. The van der Waals surface area contributed by atoms with Crippen LogP contribution in [-0.4, -0.2) is 27.6 Å². The highest BCUT2D eigenvalue weighted by molar-refractivity contribution is 7.80. The lowest BCUT2D eigenvalue weighted by molar-refractivity contribution is 0.0695. The standard InChI is InChI=1S/C25H25N3O2S2/c1-4-16-19(25(29)30)8-9-20(23(16)31)21-12-22(28-13-27-21)26-11-10-17-15(3)32-24-14(2)6-5-7-18(17)24/h5-9,12-13,31H,4,10-11H2,1-3H3,(H,29,30)(H,26,27,28). The summed E-state index contributed by atoms with van der Waals surface area (Å²) in [5.41, 5.74) is 5.20. The SMILES string of the molecule is CCc1c(C(=O)O)ccc(-c2cc(NCCc3c(C)sc4c(C)cccc34)ncn2)c1S. The second kappa shape index (κ2) is 9.30. The van der Waals surface area contributed by atoms with E-state index in [4.69, 9.17) is 0 Å². The van der Waals surface area contributed by atoms with Crippen LogP contribution in [0.15, 0.2) is 47.6 Å². The first-order valence-electron chi connectivity index (χ1n) is 10.5. The van der Waals surface area contributed by atoms with E-state index in [0.29, 0.717) is 22.6 Å². The number of nitrogens with one attached hydrogen (secondary N) is 1. The van der Waals surface area contributed by atoms with Crippen molar-refractivity contribution < 1.29 is 9.90 Å². The van der Waals surface area contributed by atoms with Gasteiger partial charge in [-0.15, -0.1) is 24.0 Å². The molecule has 4 rings (SSSR count). The number of fused-ring (bicyclic) bond motifs is 1. The van der Waals surface area contributed by atoms with E-state index in [-0.39, 0.29) is 5.56 Å². The quantitative estimate of drug-likeness (QED) is 0.285. The number of carbonyl (C=O) groups is 1. The smallest absolute Gasteiger partial charge is 0.336 e. The summed E-state index contributed by atoms with van der Waals surface area (Å²) in [6.45, 7) is 7.02. The Bertz CT molecular complexity index is 1310. The highest BCUT2D eigenvalue weighted by Crippen LogP contribution is 2.34. The van der Waals surface area contributed by atoms with Crippen molar-refractivity contribution in [3.8, 4) is 11.3 Å². The minimum Gasteiger partial charge on any atom is -0.478 e. The third-order valence-electron chi connectivity index (χ3n) is 5.71. The Morgan fingerprint density at radius 3 is 2.72 bits per heavy atom. The number of aryl methyl sites for hydroxylation is 2. The molecule has 32 heavy (non-hydrogen) atoms. The zero-order valence-electron chi connectivity index (χ0n) is 18.3. The second-order valence-corrected chi connectivity index (χ2v) is 9.37. The van der Waals surface area contributed by atoms with E-state index in [9.17, 15) is 9.90 Å². The number of carboxylic acids is 1. The first-order valence-corrected chi connectivity index (χ1v) is 11.8. The number of anilines is 1. The van der Waals surface area contributed by atoms with Gasteiger partial charge >= 0.3 is 5.97 Å². The van der Waals surface area contributed by atoms with Crippen molar-refractivity contribution in [1.82, 2.24) is 9.97 Å². The summed E-state index contributed by atoms with van der Waals surface area (Å²) < 4.78 is 1.36. The Labute approximate surface area is 197 Å². The van der Waals surface area contributed by atoms with Gasteiger partial charge in [-0.3, -0.25) is 0 Å². The molecule has 0 bridgehead atoms. The number of carboxylic acid groups (broad SMARTS) is 1. The van der Waals surface area contributed by atoms with Crippen molar-refractivity contribution >= 4 is 45.8 Å². The average Bonchev–Trinajstić information content (AvgIpc) is 3.10. The number of thiophene rings is 1. The average molecular weight is 464 g/mol. The topological polar surface area (TPSA) is 75.1 Å². The number of hydrogen-bond donors (Lipinski definition) is 3. The monoisotopic (exact) mass is 463 g/mol. The molecule has 2 N–H and O–H groups in total. The largest absolute Gasteiger partial charge is 0.478 e. The summed E-state index contributed by atoms with van der Waals surface area (Å²) in [5.74, 6) is -0.211. The van der Waals surface area contributed by atoms with E-state index in [1.807, 2.05) is 24.3 Å². The fourth-order valence-electron chi connectivity index (χ4n) is 4.06. The number of aromatic nitrogens is 2. The lowest BCUT2D eigenvalue weighted by atomic mass is 10.00. The molecule has 0 aliphatic rings. The maximum atomic E-state index is 11.5. The van der Waals surface area contributed by atoms with Gasteiger partial charge in [0.25, 0.3) is 0 Å². The Hall–Kier alpha value is -2.90. The molecular weight excluding hydrogens is 438 g/mol. The van der Waals surface area contributed by atoms with Gasteiger partial charge in [0.15, 0.2) is 0 Å². The molecule has 0 fully saturated rings. The zero-order valence-corrected chi connectivity index (χ0v) is 20.0. The number of aromatic carboxylic acids is 1. The molecule has 2 aromatic carbocycles. The molecule has 0 unspecified atom stereocenters. The number of nitrogens with zero attached hydrogens (tertiary/aromatic N) is 2. The van der Waals surface area contributed by atoms with Gasteiger partial charge in [-0.25, -0.2) is 14.8 Å². The van der Waals surface area contributed by atoms with Crippen molar-refractivity contribution in [2.24, 2.45) is 0 Å². The number of thiol groups is 1. The van der Waals surface area contributed by atoms with E-state index in [2.05, 4.69) is 60.0 Å². The van der Waals surface area contributed by atoms with Crippen molar-refractivity contribution in [1.29, 1.82) is 0 Å². The minimum absolute atomic E-state index is 0.280. The molecule has 164 valence electrons. The Morgan fingerprint density at radius 1 is 1.16 bits per heavy atom. The van der Waals surface area contributed by atoms with Crippen LogP contribution < -0.4 is 5.32 Å². The van der Waals surface area contributed by atoms with Gasteiger partial charge in [0, 0.05) is 32.6 Å². The van der Waals surface area contributed by atoms with E-state index in [0.717, 1.165) is 24.3 Å². The molecule has 0 aliphatic heterocycles. The van der Waals surface area contributed by atoms with Gasteiger partial charge in [0.1, 0.15) is 12.1 Å². The molecule has 7 heteroatoms. The third-order valence-corrected chi connectivity index (χ3v) is 7.52. The van der Waals surface area contributed by atoms with Gasteiger partial charge in [0.2, 0.25) is 0 Å². The molecular formula is C25H25N3O2S2. The van der Waals surface area contributed by atoms with Crippen LogP contribution in [0.1, 0.15) is 38.8 Å². The first kappa shape index (κ1) is 22.3. The lowest BCUT2D eigenvalue weighted by Crippen LogP contribution is -2.07. The summed E-state index contributed by atoms with van der Waals surface area (Å²) in [6, 6.07) is 11.7. The van der Waals surface area contributed by atoms with E-state index < -0.39 is 5.97 Å². The van der Waals surface area contributed by atoms with E-state index in [1.54, 1.807) is 12.1 Å². The van der Waals surface area contributed by atoms with Crippen LogP contribution in [0.3, 0.4) is 0 Å². The predicted octanol–water partition coefficient (Wildman–Crippen LogP) is 6.18. The van der Waals surface area contributed by atoms with Crippen LogP contribution in [0, 0.1) is 13.8 Å². The normalized spacial score (nSPS) is 11.1. The number of benzene rings is 2. The van der Waals surface area contributed by atoms with Crippen LogP contribution in [-0.2, 0) is 12.8 Å². The molecule has 0 saturated carbocycles. The summed E-state index contributed by atoms with van der Waals surface area (Å²) in [5, 5.41) is 14.2. The summed E-state index contributed by atoms with van der Waals surface area (Å²) in [6.07, 6.45) is 3.01. The van der Waals surface area contributed by atoms with Gasteiger partial charge in [-0.1, -0.05) is 31.2 Å². The first-order chi connectivity index (χ1) is 15.4. The molecule has 0 radical (unpaired) electrons. The molecule has 5 nitrogen and oxygen atoms in total. The summed E-state index contributed by atoms with van der Waals surface area (Å²) in [7, 11) is 0. The number of rotatable bonds is 7. The molecule has 0 saturated heterocycles. The van der Waals surface area contributed by atoms with Crippen LogP contribution in [0.2, 0.25) is 0 Å². The van der Waals surface area contributed by atoms with Crippen LogP contribution in [0.25, 0.3) is 21.3 Å². The molecule has 0 atom stereocenters. The van der Waals surface area contributed by atoms with E-state index in [1.165, 1.54) is 32.4 Å². The van der Waals surface area contributed by atoms with Crippen LogP contribution in [0.5, 0.6) is 0 Å². The number of hydrogen-bond acceptors (Lipinski definition) is 6. The highest BCUT2D eigenvalue weighted by Gasteiger charge is 2.16. The fraction of sp³-hybridized carbons (Fsp3) is 0.240. The molecule has 4 aromatic rings. The minimum atomic E-state index is -0.944. The second-order valence-electron chi connectivity index (χ2n) is 7.70. The van der Waals surface area contributed by atoms with Crippen LogP contribution in [0.4, 0.5) is 5.82 Å². The van der Waals surface area contributed by atoms with Crippen molar-refractivity contribution in [2.45, 2.75) is 38.5 Å². The Kier molecular flexibility index (Phi) is 6.48. The maximum absolute atomic E-state index is 11.5. The molecule has 2 heterocycles. The van der Waals surface area contributed by atoms with Crippen molar-refractivity contribution in [2.75, 3.05) is 11.9 Å². The lowest BCUT2D eigenvalue weighted by Gasteiger charge is -2.13. The highest BCUT2D eigenvalue weighted by atomic mass is 32.1. The zero-order chi connectivity index (χ0) is 22.8. The summed E-state index contributed by atoms with van der Waals surface area (Å²) >= 11 is 6.48.